The first-order valence-corrected chi connectivity index (χ1v) is 4.46. The largest absolute Gasteiger partial charge is 0.355 e. The van der Waals surface area contributed by atoms with E-state index in [0.717, 1.165) is 0 Å². The quantitative estimate of drug-likeness (QED) is 0.771. The van der Waals surface area contributed by atoms with Crippen molar-refractivity contribution >= 4 is 17.8 Å². The zero-order chi connectivity index (χ0) is 14.6. The highest BCUT2D eigenvalue weighted by Gasteiger charge is 2.06. The van der Waals surface area contributed by atoms with E-state index in [4.69, 9.17) is 4.11 Å². The van der Waals surface area contributed by atoms with E-state index in [2.05, 4.69) is 10.3 Å². The average molecular weight is 225 g/mol. The molecule has 0 radical (unpaired) electrons. The Morgan fingerprint density at radius 2 is 2.19 bits per heavy atom. The van der Waals surface area contributed by atoms with E-state index in [0.29, 0.717) is 0 Å². The molecule has 6 heteroatoms. The Hall–Kier alpha value is -2.11. The van der Waals surface area contributed by atoms with E-state index in [1.165, 1.54) is 23.2 Å². The second-order valence-corrected chi connectivity index (χ2v) is 3.21. The minimum atomic E-state index is -2.55. The molecule has 6 nitrogen and oxygen atoms in total. The van der Waals surface area contributed by atoms with Crippen molar-refractivity contribution in [1.82, 2.24) is 15.2 Å². The summed E-state index contributed by atoms with van der Waals surface area (Å²) >= 11 is 0. The fourth-order valence-electron chi connectivity index (χ4n) is 0.896. The van der Waals surface area contributed by atoms with Crippen molar-refractivity contribution in [2.24, 2.45) is 0 Å². The summed E-state index contributed by atoms with van der Waals surface area (Å²) in [5, 5.41) is 4.33. The molecule has 0 unspecified atom stereocenters. The molecule has 1 aromatic rings. The number of aromatic nitrogens is 1. The van der Waals surface area contributed by atoms with Crippen LogP contribution >= 0.6 is 0 Å². The normalized spacial score (nSPS) is 13.0. The lowest BCUT2D eigenvalue weighted by Crippen LogP contribution is -2.27. The molecule has 16 heavy (non-hydrogen) atoms. The smallest absolute Gasteiger partial charge is 0.322 e. The molecule has 0 aliphatic rings. The summed E-state index contributed by atoms with van der Waals surface area (Å²) in [6.07, 6.45) is 1.19. The lowest BCUT2D eigenvalue weighted by atomic mass is 10.2. The van der Waals surface area contributed by atoms with E-state index in [9.17, 15) is 9.59 Å². The predicted octanol–water partition coefficient (Wildman–Crippen LogP) is 0.535. The maximum absolute atomic E-state index is 11.5. The van der Waals surface area contributed by atoms with Crippen molar-refractivity contribution in [1.29, 1.82) is 0 Å². The van der Waals surface area contributed by atoms with E-state index >= 15 is 0 Å². The molecule has 1 heterocycles. The number of rotatable bonds is 2. The fourth-order valence-corrected chi connectivity index (χ4v) is 0.896. The van der Waals surface area contributed by atoms with Crippen molar-refractivity contribution in [3.63, 3.8) is 0 Å². The molecule has 0 saturated heterocycles. The topological polar surface area (TPSA) is 74.3 Å². The molecule has 0 saturated carbocycles. The summed E-state index contributed by atoms with van der Waals surface area (Å²) in [7, 11) is 3.15. The number of amides is 3. The molecule has 3 amide bonds. The summed E-state index contributed by atoms with van der Waals surface area (Å²) in [4.78, 5) is 28.0. The van der Waals surface area contributed by atoms with Crippen LogP contribution in [0.3, 0.4) is 0 Å². The summed E-state index contributed by atoms with van der Waals surface area (Å²) in [6.45, 7) is -2.55. The van der Waals surface area contributed by atoms with Gasteiger partial charge >= 0.3 is 6.03 Å². The number of carbonyl (C=O) groups is 2. The summed E-state index contributed by atoms with van der Waals surface area (Å²) < 4.78 is 20.7. The molecule has 1 aromatic heterocycles. The number of urea groups is 1. The van der Waals surface area contributed by atoms with Gasteiger partial charge in [0.25, 0.3) is 5.91 Å². The van der Waals surface area contributed by atoms with Crippen LogP contribution in [0.4, 0.5) is 10.6 Å². The fraction of sp³-hybridized carbons (Fsp3) is 0.300. The number of hydrogen-bond donors (Lipinski definition) is 2. The monoisotopic (exact) mass is 225 g/mol. The van der Waals surface area contributed by atoms with Crippen LogP contribution in [-0.4, -0.2) is 42.9 Å². The molecule has 0 aliphatic carbocycles. The molecule has 0 atom stereocenters. The standard InChI is InChI=1S/C10H14N4O2/c1-11-9(15)7-4-5-8(12-6-7)13-10(16)14(2)3/h4-6H,1-3H3,(H,11,15)(H,12,13,16)/i1D3. The Bertz CT molecular complexity index is 471. The minimum absolute atomic E-state index is 0.0963. The molecule has 0 aromatic carbocycles. The summed E-state index contributed by atoms with van der Waals surface area (Å²) in [6, 6.07) is 2.43. The molecular weight excluding hydrogens is 208 g/mol. The predicted molar refractivity (Wildman–Crippen MR) is 60.3 cm³/mol. The highest BCUT2D eigenvalue weighted by molar-refractivity contribution is 5.94. The maximum atomic E-state index is 11.5. The van der Waals surface area contributed by atoms with Gasteiger partial charge in [-0.25, -0.2) is 9.78 Å². The highest BCUT2D eigenvalue weighted by Crippen LogP contribution is 2.05. The number of carbonyl (C=O) groups excluding carboxylic acids is 2. The molecule has 86 valence electrons. The Morgan fingerprint density at radius 3 is 2.69 bits per heavy atom. The summed E-state index contributed by atoms with van der Waals surface area (Å²) in [5.41, 5.74) is 0.0963. The van der Waals surface area contributed by atoms with Crippen molar-refractivity contribution in [3.05, 3.63) is 23.9 Å². The average Bonchev–Trinajstić information content (AvgIpc) is 2.27. The highest BCUT2D eigenvalue weighted by atomic mass is 16.2. The second-order valence-electron chi connectivity index (χ2n) is 3.21. The van der Waals surface area contributed by atoms with Gasteiger partial charge < -0.3 is 10.2 Å². The Kier molecular flexibility index (Phi) is 2.58. The summed E-state index contributed by atoms with van der Waals surface area (Å²) in [5.74, 6) is -0.484. The van der Waals surface area contributed by atoms with Gasteiger partial charge in [0.1, 0.15) is 5.82 Å². The van der Waals surface area contributed by atoms with E-state index < -0.39 is 12.9 Å². The van der Waals surface area contributed by atoms with Gasteiger partial charge in [0.15, 0.2) is 0 Å². The van der Waals surface area contributed by atoms with Crippen LogP contribution in [0.2, 0.25) is 0 Å². The maximum Gasteiger partial charge on any atom is 0.322 e. The van der Waals surface area contributed by atoms with Crippen molar-refractivity contribution in [3.8, 4) is 0 Å². The van der Waals surface area contributed by atoms with Crippen LogP contribution < -0.4 is 10.6 Å². The van der Waals surface area contributed by atoms with Gasteiger partial charge in [-0.15, -0.1) is 0 Å². The second kappa shape index (κ2) is 5.11. The Balaban J connectivity index is 2.71. The molecule has 1 rings (SSSR count). The molecular formula is C10H14N4O2. The lowest BCUT2D eigenvalue weighted by molar-refractivity contribution is 0.0963. The molecule has 0 bridgehead atoms. The van der Waals surface area contributed by atoms with Crippen LogP contribution in [-0.2, 0) is 0 Å². The van der Waals surface area contributed by atoms with E-state index in [1.807, 2.05) is 5.32 Å². The number of nitrogens with zero attached hydrogens (tertiary/aromatic N) is 2. The van der Waals surface area contributed by atoms with Gasteiger partial charge in [-0.3, -0.25) is 10.1 Å². The number of pyridine rings is 1. The number of anilines is 1. The zero-order valence-electron chi connectivity index (χ0n) is 11.9. The van der Waals surface area contributed by atoms with Crippen LogP contribution in [0.1, 0.15) is 14.5 Å². The van der Waals surface area contributed by atoms with E-state index in [-0.39, 0.29) is 17.4 Å². The number of nitrogens with one attached hydrogen (secondary N) is 2. The van der Waals surface area contributed by atoms with Crippen LogP contribution in [0, 0.1) is 0 Å². The molecule has 0 spiro atoms. The first-order chi connectivity index (χ1) is 8.69. The van der Waals surface area contributed by atoms with Gasteiger partial charge in [0.05, 0.1) is 5.56 Å². The zero-order valence-corrected chi connectivity index (χ0v) is 8.94. The van der Waals surface area contributed by atoms with Crippen molar-refractivity contribution < 1.29 is 13.7 Å². The van der Waals surface area contributed by atoms with Crippen LogP contribution in [0.5, 0.6) is 0 Å². The first-order valence-electron chi connectivity index (χ1n) is 5.96. The third-order valence-electron chi connectivity index (χ3n) is 1.78. The van der Waals surface area contributed by atoms with Crippen molar-refractivity contribution in [2.75, 3.05) is 26.4 Å². The number of hydrogen-bond acceptors (Lipinski definition) is 3. The lowest BCUT2D eigenvalue weighted by Gasteiger charge is -2.11. The van der Waals surface area contributed by atoms with E-state index in [1.54, 1.807) is 14.1 Å². The Morgan fingerprint density at radius 1 is 1.44 bits per heavy atom. The van der Waals surface area contributed by atoms with Gasteiger partial charge in [-0.1, -0.05) is 0 Å². The van der Waals surface area contributed by atoms with Gasteiger partial charge in [-0.2, -0.15) is 0 Å². The van der Waals surface area contributed by atoms with Crippen molar-refractivity contribution in [2.45, 2.75) is 0 Å². The van der Waals surface area contributed by atoms with Crippen LogP contribution in [0.15, 0.2) is 18.3 Å². The molecule has 0 fully saturated rings. The minimum Gasteiger partial charge on any atom is -0.355 e. The SMILES string of the molecule is [2H]C([2H])([2H])NC(=O)c1ccc(NC(=O)N(C)C)nc1. The first kappa shape index (κ1) is 8.09. The molecule has 0 aliphatic heterocycles. The van der Waals surface area contributed by atoms with Gasteiger partial charge in [-0.05, 0) is 12.1 Å². The molecule has 2 N–H and O–H groups in total. The third kappa shape index (κ3) is 2.94. The van der Waals surface area contributed by atoms with Gasteiger partial charge in [0.2, 0.25) is 0 Å². The van der Waals surface area contributed by atoms with Crippen LogP contribution in [0.25, 0.3) is 0 Å². The third-order valence-corrected chi connectivity index (χ3v) is 1.78. The Labute approximate surface area is 97.9 Å². The van der Waals surface area contributed by atoms with Gasteiger partial charge in [0, 0.05) is 31.4 Å².